The topological polar surface area (TPSA) is 63.1 Å². The van der Waals surface area contributed by atoms with E-state index < -0.39 is 0 Å². The van der Waals surface area contributed by atoms with Crippen molar-refractivity contribution in [2.75, 3.05) is 0 Å². The number of rotatable bonds is 7. The minimum absolute atomic E-state index is 0. The van der Waals surface area contributed by atoms with Gasteiger partial charge in [-0.25, -0.2) is 0 Å². The van der Waals surface area contributed by atoms with Crippen LogP contribution in [0.25, 0.3) is 32.8 Å². The van der Waals surface area contributed by atoms with E-state index in [0.29, 0.717) is 0 Å². The number of hydrogen-bond donors (Lipinski definition) is 1. The van der Waals surface area contributed by atoms with Gasteiger partial charge in [-0.05, 0) is 72.3 Å². The van der Waals surface area contributed by atoms with Gasteiger partial charge in [0.2, 0.25) is 0 Å². The Morgan fingerprint density at radius 1 is 1.00 bits per heavy atom. The first kappa shape index (κ1) is 31.6. The van der Waals surface area contributed by atoms with Crippen molar-refractivity contribution in [2.45, 2.75) is 79.6 Å². The molecule has 40 heavy (non-hydrogen) atoms. The summed E-state index contributed by atoms with van der Waals surface area (Å²) in [5, 5.41) is 14.7. The number of aryl methyl sites for hydroxylation is 1. The number of nitrogens with zero attached hydrogens (tertiary/aromatic N) is 2. The Morgan fingerprint density at radius 2 is 1.68 bits per heavy atom. The van der Waals surface area contributed by atoms with E-state index in [1.165, 1.54) is 38.9 Å². The van der Waals surface area contributed by atoms with Gasteiger partial charge in [0.25, 0.3) is 0 Å². The summed E-state index contributed by atoms with van der Waals surface area (Å²) in [6, 6.07) is 14.3. The predicted molar refractivity (Wildman–Crippen MR) is 162 cm³/mol. The van der Waals surface area contributed by atoms with E-state index in [-0.39, 0.29) is 48.9 Å². The number of allylic oxidation sites excluding steroid dienone is 2. The monoisotopic (exact) mass is 714 g/mol. The number of fused-ring (bicyclic) bond motifs is 4. The average molecular weight is 714 g/mol. The van der Waals surface area contributed by atoms with Crippen LogP contribution in [0.5, 0.6) is 0 Å². The number of carbonyl (C=O) groups is 1. The van der Waals surface area contributed by atoms with Gasteiger partial charge in [-0.2, -0.15) is 0 Å². The van der Waals surface area contributed by atoms with Crippen LogP contribution in [0.2, 0.25) is 0 Å². The number of pyridine rings is 2. The van der Waals surface area contributed by atoms with Gasteiger partial charge in [0.05, 0.1) is 5.76 Å². The maximum absolute atomic E-state index is 11.7. The van der Waals surface area contributed by atoms with Crippen LogP contribution in [0.1, 0.15) is 83.9 Å². The van der Waals surface area contributed by atoms with Gasteiger partial charge in [0.1, 0.15) is 0 Å². The normalized spacial score (nSPS) is 13.6. The van der Waals surface area contributed by atoms with Crippen molar-refractivity contribution in [2.24, 2.45) is 11.8 Å². The third-order valence-corrected chi connectivity index (χ3v) is 8.37. The second-order valence-corrected chi connectivity index (χ2v) is 11.2. The number of aliphatic hydroxyl groups is 1. The van der Waals surface area contributed by atoms with Crippen molar-refractivity contribution in [3.63, 3.8) is 0 Å². The number of aromatic nitrogens is 2. The summed E-state index contributed by atoms with van der Waals surface area (Å²) in [5.41, 5.74) is 6.02. The summed E-state index contributed by atoms with van der Waals surface area (Å²) in [6.45, 7) is 14.9. The Morgan fingerprint density at radius 3 is 2.33 bits per heavy atom. The second kappa shape index (κ2) is 13.2. The molecule has 0 atom stereocenters. The molecule has 1 aliphatic rings. The number of carbonyl (C=O) groups excluding carboxylic acids is 1. The van der Waals surface area contributed by atoms with Crippen molar-refractivity contribution in [1.82, 2.24) is 9.97 Å². The van der Waals surface area contributed by atoms with Gasteiger partial charge in [-0.1, -0.05) is 76.1 Å². The van der Waals surface area contributed by atoms with E-state index in [1.54, 1.807) is 0 Å². The molecule has 213 valence electrons. The zero-order chi connectivity index (χ0) is 28.3. The average Bonchev–Trinajstić information content (AvgIpc) is 2.92. The fourth-order valence-electron chi connectivity index (χ4n) is 6.01. The molecular weight excluding hydrogens is 673 g/mol. The second-order valence-electron chi connectivity index (χ2n) is 11.2. The van der Waals surface area contributed by atoms with Gasteiger partial charge in [-0.3, -0.25) is 9.78 Å². The van der Waals surface area contributed by atoms with Gasteiger partial charge < -0.3 is 10.1 Å². The Bertz CT molecular complexity index is 1530. The minimum Gasteiger partial charge on any atom is -0.512 e. The van der Waals surface area contributed by atoms with Crippen molar-refractivity contribution < 1.29 is 30.0 Å². The zero-order valence-corrected chi connectivity index (χ0v) is 27.2. The molecule has 0 saturated heterocycles. The third-order valence-electron chi connectivity index (χ3n) is 8.37. The van der Waals surface area contributed by atoms with E-state index in [1.807, 2.05) is 52.4 Å². The smallest absolute Gasteiger partial charge is 0.162 e. The van der Waals surface area contributed by atoms with E-state index in [9.17, 15) is 9.90 Å². The van der Waals surface area contributed by atoms with Crippen LogP contribution in [0.15, 0.2) is 60.8 Å². The molecule has 0 amide bonds. The van der Waals surface area contributed by atoms with Crippen molar-refractivity contribution in [1.29, 1.82) is 0 Å². The van der Waals surface area contributed by atoms with Crippen LogP contribution in [0.4, 0.5) is 0 Å². The number of benzene rings is 2. The molecule has 0 fully saturated rings. The minimum atomic E-state index is -0.104. The Kier molecular flexibility index (Phi) is 10.4. The molecule has 4 aromatic rings. The van der Waals surface area contributed by atoms with Gasteiger partial charge in [0.15, 0.2) is 5.78 Å². The summed E-state index contributed by atoms with van der Waals surface area (Å²) in [7, 11) is 0. The molecule has 0 spiro atoms. The molecule has 1 radical (unpaired) electrons. The largest absolute Gasteiger partial charge is 0.512 e. The Balaban J connectivity index is 0.000000243. The number of aliphatic hydroxyl groups excluding tert-OH is 1. The third kappa shape index (κ3) is 5.92. The van der Waals surface area contributed by atoms with Crippen LogP contribution < -0.4 is 0 Å². The van der Waals surface area contributed by atoms with Crippen LogP contribution in [0, 0.1) is 24.8 Å². The first-order valence-corrected chi connectivity index (χ1v) is 14.3. The van der Waals surface area contributed by atoms with E-state index in [2.05, 4.69) is 56.1 Å². The molecule has 4 nitrogen and oxygen atoms in total. The fraction of sp³-hybridized carbons (Fsp3) is 0.400. The standard InChI is InChI=1S/C22H17N2.C13H24O2.Ir/c1-13-10-14-6-9-24-21-17-5-4-15-12-23-8-7-16(15)20(17)22(2,3)18(11-13)19(14)21;1-5-10(6-2)12(14)9-13(15)11(7-3)8-4;/h4,6-12H,1-3H3;9-11,14H,5-8H2,1-4H3;/q-1;;/b;12-9-;. The summed E-state index contributed by atoms with van der Waals surface area (Å²) < 4.78 is 0. The molecule has 2 heterocycles. The van der Waals surface area contributed by atoms with E-state index >= 15 is 0 Å². The predicted octanol–water partition coefficient (Wildman–Crippen LogP) is 9.07. The Labute approximate surface area is 252 Å². The van der Waals surface area contributed by atoms with Crippen LogP contribution in [-0.2, 0) is 30.3 Å². The molecular formula is C35H41IrN2O2-. The molecule has 0 bridgehead atoms. The van der Waals surface area contributed by atoms with Crippen molar-refractivity contribution >= 4 is 27.3 Å². The molecule has 0 saturated carbocycles. The molecule has 0 unspecified atom stereocenters. The summed E-state index contributed by atoms with van der Waals surface area (Å²) in [4.78, 5) is 20.7. The molecule has 2 aromatic carbocycles. The molecule has 0 aliphatic heterocycles. The van der Waals surface area contributed by atoms with Gasteiger partial charge in [0, 0.05) is 50.4 Å². The summed E-state index contributed by atoms with van der Waals surface area (Å²) in [5.74, 6) is 0.547. The number of hydrogen-bond acceptors (Lipinski definition) is 4. The van der Waals surface area contributed by atoms with Crippen molar-refractivity contribution in [3.05, 3.63) is 83.5 Å². The van der Waals surface area contributed by atoms with Crippen LogP contribution in [0.3, 0.4) is 0 Å². The van der Waals surface area contributed by atoms with Crippen LogP contribution in [-0.4, -0.2) is 20.9 Å². The van der Waals surface area contributed by atoms with Gasteiger partial charge in [-0.15, -0.1) is 23.3 Å². The molecule has 5 heteroatoms. The number of ketones is 1. The van der Waals surface area contributed by atoms with E-state index in [0.717, 1.165) is 42.3 Å². The Hall–Kier alpha value is -2.88. The first-order valence-electron chi connectivity index (χ1n) is 14.3. The van der Waals surface area contributed by atoms with Gasteiger partial charge >= 0.3 is 0 Å². The quantitative estimate of drug-likeness (QED) is 0.118. The fourth-order valence-corrected chi connectivity index (χ4v) is 6.01. The maximum atomic E-state index is 11.7. The summed E-state index contributed by atoms with van der Waals surface area (Å²) in [6.07, 6.45) is 10.6. The molecule has 2 aromatic heterocycles. The zero-order valence-electron chi connectivity index (χ0n) is 24.8. The summed E-state index contributed by atoms with van der Waals surface area (Å²) >= 11 is 0. The molecule has 5 rings (SSSR count). The van der Waals surface area contributed by atoms with Crippen molar-refractivity contribution in [3.8, 4) is 11.3 Å². The van der Waals surface area contributed by atoms with Crippen LogP contribution >= 0.6 is 0 Å². The molecule has 1 N–H and O–H groups in total. The first-order chi connectivity index (χ1) is 18.7. The SMILES string of the molecule is CCC(CC)C(=O)/C=C(\O)C(CC)CC.Cc1cc2c3c(nccc3c1)-c1[c-]cc3cnccc3c1C2(C)C.[Ir]. The van der Waals surface area contributed by atoms with E-state index in [4.69, 9.17) is 4.98 Å². The maximum Gasteiger partial charge on any atom is 0.162 e. The molecule has 1 aliphatic carbocycles.